The van der Waals surface area contributed by atoms with Gasteiger partial charge in [0.15, 0.2) is 5.13 Å². The number of nitrogens with two attached hydrogens (primary N) is 1. The SMILES string of the molecule is NC(=O)c1cc(-c2csc(NC(=O)CSc3nnnn3C3CCCC3)n2)c[nH]1. The van der Waals surface area contributed by atoms with Gasteiger partial charge in [-0.05, 0) is 29.3 Å². The summed E-state index contributed by atoms with van der Waals surface area (Å²) in [7, 11) is 0. The molecular formula is C16H18N8O2S2. The number of carbonyl (C=O) groups is 2. The van der Waals surface area contributed by atoms with Crippen LogP contribution in [0.15, 0.2) is 22.8 Å². The summed E-state index contributed by atoms with van der Waals surface area (Å²) in [6.45, 7) is 0. The maximum Gasteiger partial charge on any atom is 0.265 e. The zero-order valence-electron chi connectivity index (χ0n) is 14.8. The van der Waals surface area contributed by atoms with E-state index in [0.29, 0.717) is 27.7 Å². The summed E-state index contributed by atoms with van der Waals surface area (Å²) in [5.74, 6) is -0.524. The average molecular weight is 419 g/mol. The van der Waals surface area contributed by atoms with Gasteiger partial charge in [-0.15, -0.1) is 16.4 Å². The Bertz CT molecular complexity index is 988. The number of nitrogens with zero attached hydrogens (tertiary/aromatic N) is 5. The van der Waals surface area contributed by atoms with Gasteiger partial charge in [0.05, 0.1) is 17.5 Å². The van der Waals surface area contributed by atoms with E-state index in [9.17, 15) is 9.59 Å². The van der Waals surface area contributed by atoms with Crippen LogP contribution in [-0.2, 0) is 4.79 Å². The van der Waals surface area contributed by atoms with E-state index in [-0.39, 0.29) is 11.7 Å². The first kappa shape index (κ1) is 18.6. The van der Waals surface area contributed by atoms with Crippen molar-refractivity contribution in [2.45, 2.75) is 36.9 Å². The largest absolute Gasteiger partial charge is 0.364 e. The minimum atomic E-state index is -0.535. The van der Waals surface area contributed by atoms with Gasteiger partial charge in [0.25, 0.3) is 5.91 Å². The van der Waals surface area contributed by atoms with Crippen LogP contribution in [-0.4, -0.2) is 47.7 Å². The van der Waals surface area contributed by atoms with Gasteiger partial charge in [0.1, 0.15) is 5.69 Å². The van der Waals surface area contributed by atoms with Crippen LogP contribution in [0.5, 0.6) is 0 Å². The Labute approximate surface area is 168 Å². The molecule has 1 aliphatic rings. The van der Waals surface area contributed by atoms with Gasteiger partial charge in [0, 0.05) is 17.1 Å². The highest BCUT2D eigenvalue weighted by Gasteiger charge is 2.22. The lowest BCUT2D eigenvalue weighted by atomic mass is 10.2. The van der Waals surface area contributed by atoms with Crippen LogP contribution in [0.25, 0.3) is 11.3 Å². The van der Waals surface area contributed by atoms with E-state index in [1.807, 2.05) is 4.68 Å². The zero-order chi connectivity index (χ0) is 19.5. The van der Waals surface area contributed by atoms with Gasteiger partial charge in [-0.25, -0.2) is 9.67 Å². The van der Waals surface area contributed by atoms with Crippen LogP contribution in [0.4, 0.5) is 5.13 Å². The molecule has 0 bridgehead atoms. The number of carbonyl (C=O) groups excluding carboxylic acids is 2. The second-order valence-electron chi connectivity index (χ2n) is 6.39. The van der Waals surface area contributed by atoms with Gasteiger partial charge in [-0.3, -0.25) is 9.59 Å². The molecule has 1 saturated carbocycles. The van der Waals surface area contributed by atoms with Crippen molar-refractivity contribution in [2.75, 3.05) is 11.1 Å². The summed E-state index contributed by atoms with van der Waals surface area (Å²) < 4.78 is 1.83. The third kappa shape index (κ3) is 4.07. The summed E-state index contributed by atoms with van der Waals surface area (Å²) >= 11 is 2.62. The van der Waals surface area contributed by atoms with Crippen molar-refractivity contribution in [2.24, 2.45) is 5.73 Å². The molecule has 3 heterocycles. The van der Waals surface area contributed by atoms with Gasteiger partial charge >= 0.3 is 0 Å². The first-order valence-electron chi connectivity index (χ1n) is 8.75. The lowest BCUT2D eigenvalue weighted by Crippen LogP contribution is -2.15. The van der Waals surface area contributed by atoms with Crippen molar-refractivity contribution in [3.63, 3.8) is 0 Å². The predicted molar refractivity (Wildman–Crippen MR) is 105 cm³/mol. The van der Waals surface area contributed by atoms with Crippen molar-refractivity contribution < 1.29 is 9.59 Å². The van der Waals surface area contributed by atoms with E-state index in [4.69, 9.17) is 5.73 Å². The number of aromatic nitrogens is 6. The molecule has 4 rings (SSSR count). The third-order valence-electron chi connectivity index (χ3n) is 4.46. The van der Waals surface area contributed by atoms with E-state index in [1.165, 1.54) is 35.9 Å². The number of thiazole rings is 1. The maximum atomic E-state index is 12.3. The first-order chi connectivity index (χ1) is 13.6. The molecule has 10 nitrogen and oxygen atoms in total. The van der Waals surface area contributed by atoms with E-state index < -0.39 is 5.91 Å². The predicted octanol–water partition coefficient (Wildman–Crippen LogP) is 2.07. The highest BCUT2D eigenvalue weighted by atomic mass is 32.2. The minimum absolute atomic E-state index is 0.182. The van der Waals surface area contributed by atoms with Crippen molar-refractivity contribution in [3.8, 4) is 11.3 Å². The molecule has 0 radical (unpaired) electrons. The van der Waals surface area contributed by atoms with Crippen LogP contribution in [0.1, 0.15) is 42.2 Å². The molecule has 1 aliphatic carbocycles. The van der Waals surface area contributed by atoms with Crippen LogP contribution in [0, 0.1) is 0 Å². The molecule has 28 heavy (non-hydrogen) atoms. The summed E-state index contributed by atoms with van der Waals surface area (Å²) in [6, 6.07) is 1.95. The van der Waals surface area contributed by atoms with Crippen molar-refractivity contribution in [1.82, 2.24) is 30.2 Å². The van der Waals surface area contributed by atoms with Gasteiger partial charge < -0.3 is 16.0 Å². The molecule has 1 fully saturated rings. The standard InChI is InChI=1S/C16H18N8O2S2/c17-14(26)11-5-9(6-18-11)12-7-27-15(19-12)20-13(25)8-28-16-21-22-23-24(16)10-3-1-2-4-10/h5-7,10,18H,1-4,8H2,(H2,17,26)(H,19,20,25). The van der Waals surface area contributed by atoms with Crippen LogP contribution in [0.3, 0.4) is 0 Å². The zero-order valence-corrected chi connectivity index (χ0v) is 16.4. The maximum absolute atomic E-state index is 12.3. The second kappa shape index (κ2) is 8.10. The fraction of sp³-hybridized carbons (Fsp3) is 0.375. The molecule has 3 aromatic heterocycles. The number of primary amides is 1. The number of hydrogen-bond acceptors (Lipinski definition) is 8. The molecule has 2 amide bonds. The number of thioether (sulfide) groups is 1. The summed E-state index contributed by atoms with van der Waals surface area (Å²) in [5.41, 5.74) is 6.93. The van der Waals surface area contributed by atoms with Gasteiger partial charge in [-0.2, -0.15) is 0 Å². The Morgan fingerprint density at radius 3 is 2.96 bits per heavy atom. The fourth-order valence-corrected chi connectivity index (χ4v) is 4.57. The van der Waals surface area contributed by atoms with Crippen LogP contribution in [0.2, 0.25) is 0 Å². The van der Waals surface area contributed by atoms with Crippen LogP contribution < -0.4 is 11.1 Å². The number of H-pyrrole nitrogens is 1. The minimum Gasteiger partial charge on any atom is -0.364 e. The van der Waals surface area contributed by atoms with E-state index in [1.54, 1.807) is 17.6 Å². The Hall–Kier alpha value is -2.73. The summed E-state index contributed by atoms with van der Waals surface area (Å²) in [4.78, 5) is 30.6. The molecule has 0 aliphatic heterocycles. The number of nitrogens with one attached hydrogen (secondary N) is 2. The smallest absolute Gasteiger partial charge is 0.265 e. The van der Waals surface area contributed by atoms with Crippen molar-refractivity contribution in [3.05, 3.63) is 23.3 Å². The molecule has 3 aromatic rings. The van der Waals surface area contributed by atoms with Crippen molar-refractivity contribution in [1.29, 1.82) is 0 Å². The number of amides is 2. The average Bonchev–Trinajstić information content (AvgIpc) is 3.46. The van der Waals surface area contributed by atoms with Crippen molar-refractivity contribution >= 4 is 40.0 Å². The number of rotatable bonds is 7. The van der Waals surface area contributed by atoms with E-state index >= 15 is 0 Å². The quantitative estimate of drug-likeness (QED) is 0.498. The van der Waals surface area contributed by atoms with E-state index in [0.717, 1.165) is 18.4 Å². The molecule has 146 valence electrons. The molecular weight excluding hydrogens is 400 g/mol. The molecule has 0 aromatic carbocycles. The topological polar surface area (TPSA) is 144 Å². The normalized spacial score (nSPS) is 14.4. The highest BCUT2D eigenvalue weighted by Crippen LogP contribution is 2.31. The molecule has 12 heteroatoms. The molecule has 0 spiro atoms. The number of hydrogen-bond donors (Lipinski definition) is 3. The van der Waals surface area contributed by atoms with E-state index in [2.05, 4.69) is 30.8 Å². The monoisotopic (exact) mass is 418 g/mol. The second-order valence-corrected chi connectivity index (χ2v) is 8.19. The number of aromatic amines is 1. The Kier molecular flexibility index (Phi) is 5.39. The lowest BCUT2D eigenvalue weighted by Gasteiger charge is -2.10. The van der Waals surface area contributed by atoms with Gasteiger partial charge in [0.2, 0.25) is 11.1 Å². The summed E-state index contributed by atoms with van der Waals surface area (Å²) in [5, 5.41) is 17.6. The highest BCUT2D eigenvalue weighted by molar-refractivity contribution is 7.99. The fourth-order valence-electron chi connectivity index (χ4n) is 3.09. The third-order valence-corrected chi connectivity index (χ3v) is 6.15. The number of tetrazole rings is 1. The molecule has 0 saturated heterocycles. The Morgan fingerprint density at radius 2 is 2.21 bits per heavy atom. The van der Waals surface area contributed by atoms with Gasteiger partial charge in [-0.1, -0.05) is 24.6 Å². The molecule has 0 atom stereocenters. The Morgan fingerprint density at radius 1 is 1.39 bits per heavy atom. The lowest BCUT2D eigenvalue weighted by molar-refractivity contribution is -0.113. The number of anilines is 1. The molecule has 4 N–H and O–H groups in total. The Balaban J connectivity index is 1.34. The summed E-state index contributed by atoms with van der Waals surface area (Å²) in [6.07, 6.45) is 6.17. The first-order valence-corrected chi connectivity index (χ1v) is 10.6. The van der Waals surface area contributed by atoms with Crippen LogP contribution >= 0.6 is 23.1 Å². The molecule has 0 unspecified atom stereocenters.